The van der Waals surface area contributed by atoms with E-state index in [4.69, 9.17) is 14.6 Å². The second-order valence-electron chi connectivity index (χ2n) is 10.7. The summed E-state index contributed by atoms with van der Waals surface area (Å²) < 4.78 is 10.6. The van der Waals surface area contributed by atoms with Gasteiger partial charge in [0.05, 0.1) is 0 Å². The Bertz CT molecular complexity index is 640. The molecule has 2 amide bonds. The largest absolute Gasteiger partial charge is 0.481 e. The molecule has 0 unspecified atom stereocenters. The van der Waals surface area contributed by atoms with Gasteiger partial charge < -0.3 is 25.2 Å². The second-order valence-corrected chi connectivity index (χ2v) is 10.7. The van der Waals surface area contributed by atoms with Crippen molar-refractivity contribution in [3.8, 4) is 0 Å². The van der Waals surface area contributed by atoms with Crippen molar-refractivity contribution in [1.82, 2.24) is 10.6 Å². The van der Waals surface area contributed by atoms with Crippen LogP contribution in [0.4, 0.5) is 4.79 Å². The Morgan fingerprint density at radius 2 is 1.29 bits per heavy atom. The van der Waals surface area contributed by atoms with Crippen molar-refractivity contribution < 1.29 is 33.8 Å². The molecule has 0 fully saturated rings. The summed E-state index contributed by atoms with van der Waals surface area (Å²) in [5.74, 6) is -2.15. The molecule has 0 aliphatic heterocycles. The number of hydrogen-bond acceptors (Lipinski definition) is 6. The van der Waals surface area contributed by atoms with Gasteiger partial charge in [0.25, 0.3) is 0 Å². The Morgan fingerprint density at radius 3 is 1.71 bits per heavy atom. The summed E-state index contributed by atoms with van der Waals surface area (Å²) in [6.45, 7) is 16.2. The number of urea groups is 1. The molecule has 180 valence electrons. The lowest BCUT2D eigenvalue weighted by atomic mass is 9.84. The number of carboxylic acids is 1. The summed E-state index contributed by atoms with van der Waals surface area (Å²) in [6.07, 6.45) is 0.0628. The predicted octanol–water partition coefficient (Wildman–Crippen LogP) is 3.40. The van der Waals surface area contributed by atoms with Gasteiger partial charge in [0.15, 0.2) is 0 Å². The zero-order valence-corrected chi connectivity index (χ0v) is 20.4. The highest BCUT2D eigenvalue weighted by Gasteiger charge is 2.31. The smallest absolute Gasteiger partial charge is 0.329 e. The molecule has 0 aromatic rings. The van der Waals surface area contributed by atoms with Gasteiger partial charge >= 0.3 is 23.9 Å². The Kier molecular flexibility index (Phi) is 10.5. The van der Waals surface area contributed by atoms with Gasteiger partial charge in [-0.2, -0.15) is 0 Å². The Morgan fingerprint density at radius 1 is 0.774 bits per heavy atom. The van der Waals surface area contributed by atoms with Crippen LogP contribution >= 0.6 is 0 Å². The third-order valence-corrected chi connectivity index (χ3v) is 4.05. The Labute approximate surface area is 185 Å². The topological polar surface area (TPSA) is 131 Å². The van der Waals surface area contributed by atoms with Crippen LogP contribution in [0.1, 0.15) is 88.0 Å². The normalized spacial score (nSPS) is 14.2. The molecule has 0 aromatic carbocycles. The number of amides is 2. The van der Waals surface area contributed by atoms with Crippen molar-refractivity contribution >= 4 is 23.9 Å². The number of esters is 2. The number of ether oxygens (including phenoxy) is 2. The predicted molar refractivity (Wildman–Crippen MR) is 116 cm³/mol. The van der Waals surface area contributed by atoms with Crippen LogP contribution in [0.2, 0.25) is 0 Å². The molecule has 0 aromatic heterocycles. The maximum Gasteiger partial charge on any atom is 0.329 e. The van der Waals surface area contributed by atoms with Gasteiger partial charge in [-0.15, -0.1) is 0 Å². The van der Waals surface area contributed by atoms with E-state index in [2.05, 4.69) is 10.6 Å². The molecule has 0 spiro atoms. The third-order valence-electron chi connectivity index (χ3n) is 4.05. The molecule has 9 nitrogen and oxygen atoms in total. The molecular weight excluding hydrogens is 404 g/mol. The van der Waals surface area contributed by atoms with Crippen molar-refractivity contribution in [1.29, 1.82) is 0 Å². The standard InChI is InChI=1S/C22H40N2O7/c1-20(2,3)15(11-13-17(27)30-21(4,5)6)24-19(29)23-14(10-12-16(25)26)18(28)31-22(7,8)9/h14-15H,10-13H2,1-9H3,(H,25,26)(H2,23,24,29)/t14-,15-/m0/s1. The van der Waals surface area contributed by atoms with Crippen LogP contribution in [0.5, 0.6) is 0 Å². The lowest BCUT2D eigenvalue weighted by Crippen LogP contribution is -2.53. The summed E-state index contributed by atoms with van der Waals surface area (Å²) in [7, 11) is 0. The third kappa shape index (κ3) is 14.3. The van der Waals surface area contributed by atoms with Crippen molar-refractivity contribution in [2.45, 2.75) is 111 Å². The monoisotopic (exact) mass is 444 g/mol. The summed E-state index contributed by atoms with van der Waals surface area (Å²) in [6, 6.07) is -2.13. The highest BCUT2D eigenvalue weighted by atomic mass is 16.6. The van der Waals surface area contributed by atoms with Crippen LogP contribution in [-0.2, 0) is 23.9 Å². The minimum absolute atomic E-state index is 0.101. The summed E-state index contributed by atoms with van der Waals surface area (Å²) >= 11 is 0. The van der Waals surface area contributed by atoms with E-state index in [1.807, 2.05) is 20.8 Å². The van der Waals surface area contributed by atoms with E-state index in [0.717, 1.165) is 0 Å². The molecule has 0 bridgehead atoms. The summed E-state index contributed by atoms with van der Waals surface area (Å²) in [4.78, 5) is 48.0. The highest BCUT2D eigenvalue weighted by molar-refractivity contribution is 5.84. The lowest BCUT2D eigenvalue weighted by Gasteiger charge is -2.32. The van der Waals surface area contributed by atoms with Gasteiger partial charge in [-0.25, -0.2) is 9.59 Å². The van der Waals surface area contributed by atoms with E-state index in [1.165, 1.54) is 0 Å². The highest BCUT2D eigenvalue weighted by Crippen LogP contribution is 2.24. The van der Waals surface area contributed by atoms with E-state index >= 15 is 0 Å². The van der Waals surface area contributed by atoms with Crippen LogP contribution in [-0.4, -0.2) is 52.3 Å². The molecule has 31 heavy (non-hydrogen) atoms. The summed E-state index contributed by atoms with van der Waals surface area (Å²) in [5.41, 5.74) is -1.75. The first kappa shape index (κ1) is 28.7. The van der Waals surface area contributed by atoms with Gasteiger partial charge in [0, 0.05) is 18.9 Å². The molecule has 3 N–H and O–H groups in total. The number of aliphatic carboxylic acids is 1. The van der Waals surface area contributed by atoms with E-state index in [-0.39, 0.29) is 30.6 Å². The molecule has 0 rings (SSSR count). The van der Waals surface area contributed by atoms with Crippen LogP contribution in [0.25, 0.3) is 0 Å². The second kappa shape index (κ2) is 11.3. The maximum atomic E-state index is 12.6. The van der Waals surface area contributed by atoms with Crippen LogP contribution < -0.4 is 10.6 Å². The fraction of sp³-hybridized carbons (Fsp3) is 0.818. The van der Waals surface area contributed by atoms with Gasteiger partial charge in [-0.05, 0) is 59.8 Å². The number of nitrogens with one attached hydrogen (secondary N) is 2. The van der Waals surface area contributed by atoms with E-state index in [9.17, 15) is 19.2 Å². The zero-order valence-electron chi connectivity index (χ0n) is 20.4. The van der Waals surface area contributed by atoms with Crippen molar-refractivity contribution in [3.05, 3.63) is 0 Å². The lowest BCUT2D eigenvalue weighted by molar-refractivity contribution is -0.157. The molecule has 0 radical (unpaired) electrons. The average Bonchev–Trinajstić information content (AvgIpc) is 2.50. The molecule has 0 saturated carbocycles. The maximum absolute atomic E-state index is 12.6. The zero-order chi connectivity index (χ0) is 24.6. The molecule has 0 saturated heterocycles. The van der Waals surface area contributed by atoms with Crippen LogP contribution in [0.15, 0.2) is 0 Å². The van der Waals surface area contributed by atoms with Gasteiger partial charge in [-0.3, -0.25) is 9.59 Å². The number of carboxylic acid groups (broad SMARTS) is 1. The van der Waals surface area contributed by atoms with Crippen LogP contribution in [0, 0.1) is 5.41 Å². The van der Waals surface area contributed by atoms with Crippen molar-refractivity contribution in [2.75, 3.05) is 0 Å². The Balaban J connectivity index is 5.15. The number of hydrogen-bond donors (Lipinski definition) is 3. The number of carbonyl (C=O) groups excluding carboxylic acids is 3. The number of carbonyl (C=O) groups is 4. The average molecular weight is 445 g/mol. The minimum Gasteiger partial charge on any atom is -0.481 e. The molecule has 0 aliphatic rings. The molecule has 2 atom stereocenters. The SMILES string of the molecule is CC(C)(C)OC(=O)CC[C@H](NC(=O)N[C@@H](CCC(=O)O)C(=O)OC(C)(C)C)C(C)(C)C. The van der Waals surface area contributed by atoms with E-state index in [1.54, 1.807) is 41.5 Å². The first-order valence-corrected chi connectivity index (χ1v) is 10.5. The van der Waals surface area contributed by atoms with Gasteiger partial charge in [-0.1, -0.05) is 20.8 Å². The molecule has 0 aliphatic carbocycles. The van der Waals surface area contributed by atoms with Crippen molar-refractivity contribution in [2.24, 2.45) is 5.41 Å². The Hall–Kier alpha value is -2.32. The number of rotatable bonds is 9. The molecule has 9 heteroatoms. The van der Waals surface area contributed by atoms with Gasteiger partial charge in [0.1, 0.15) is 17.2 Å². The quantitative estimate of drug-likeness (QED) is 0.464. The minimum atomic E-state index is -1.11. The van der Waals surface area contributed by atoms with Gasteiger partial charge in [0.2, 0.25) is 0 Å². The van der Waals surface area contributed by atoms with E-state index in [0.29, 0.717) is 6.42 Å². The summed E-state index contributed by atoms with van der Waals surface area (Å²) in [5, 5.41) is 14.3. The van der Waals surface area contributed by atoms with E-state index < -0.39 is 41.3 Å². The van der Waals surface area contributed by atoms with Crippen LogP contribution in [0.3, 0.4) is 0 Å². The molecule has 0 heterocycles. The first-order chi connectivity index (χ1) is 13.8. The van der Waals surface area contributed by atoms with Crippen molar-refractivity contribution in [3.63, 3.8) is 0 Å². The fourth-order valence-corrected chi connectivity index (χ4v) is 2.62. The first-order valence-electron chi connectivity index (χ1n) is 10.5. The fourth-order valence-electron chi connectivity index (χ4n) is 2.62. The molecular formula is C22H40N2O7.